The molecule has 92 valence electrons. The maximum atomic E-state index is 11.9. The fraction of sp³-hybridized carbons (Fsp3) is 0.444. The van der Waals surface area contributed by atoms with Crippen LogP contribution in [0.3, 0.4) is 0 Å². The second-order valence-corrected chi connectivity index (χ2v) is 5.15. The number of methoxy groups -OCH3 is 1. The Morgan fingerprint density at radius 1 is 1.47 bits per heavy atom. The van der Waals surface area contributed by atoms with Crippen molar-refractivity contribution in [1.82, 2.24) is 9.69 Å². The molecule has 1 saturated carbocycles. The molecule has 0 atom stereocenters. The van der Waals surface area contributed by atoms with Gasteiger partial charge in [0.15, 0.2) is 5.15 Å². The van der Waals surface area contributed by atoms with Gasteiger partial charge < -0.3 is 10.1 Å². The SMILES string of the molecule is COC(=O)C1(NC(=O)c2snc(Cl)c2Cl)CC1. The Labute approximate surface area is 111 Å². The van der Waals surface area contributed by atoms with Crippen LogP contribution in [0.5, 0.6) is 0 Å². The topological polar surface area (TPSA) is 68.3 Å². The molecule has 0 saturated heterocycles. The summed E-state index contributed by atoms with van der Waals surface area (Å²) in [6.45, 7) is 0. The lowest BCUT2D eigenvalue weighted by atomic mass is 10.2. The molecule has 8 heteroatoms. The number of amides is 1. The highest BCUT2D eigenvalue weighted by Crippen LogP contribution is 2.38. The van der Waals surface area contributed by atoms with Crippen LogP contribution >= 0.6 is 34.7 Å². The molecular formula is C9H8Cl2N2O3S. The summed E-state index contributed by atoms with van der Waals surface area (Å²) in [5, 5.41) is 2.80. The normalized spacial score (nSPS) is 16.4. The minimum atomic E-state index is -0.897. The van der Waals surface area contributed by atoms with E-state index in [4.69, 9.17) is 23.2 Å². The third-order valence-electron chi connectivity index (χ3n) is 2.48. The van der Waals surface area contributed by atoms with Crippen molar-refractivity contribution in [3.63, 3.8) is 0 Å². The van der Waals surface area contributed by atoms with Gasteiger partial charge in [0.1, 0.15) is 15.4 Å². The zero-order valence-corrected chi connectivity index (χ0v) is 11.1. The Hall–Kier alpha value is -0.850. The van der Waals surface area contributed by atoms with Gasteiger partial charge in [-0.1, -0.05) is 23.2 Å². The Morgan fingerprint density at radius 3 is 2.53 bits per heavy atom. The van der Waals surface area contributed by atoms with Crippen molar-refractivity contribution in [3.05, 3.63) is 15.1 Å². The molecule has 0 radical (unpaired) electrons. The van der Waals surface area contributed by atoms with Gasteiger partial charge in [0.05, 0.1) is 7.11 Å². The Balaban J connectivity index is 2.13. The van der Waals surface area contributed by atoms with Gasteiger partial charge >= 0.3 is 5.97 Å². The van der Waals surface area contributed by atoms with Crippen LogP contribution in [0, 0.1) is 0 Å². The van der Waals surface area contributed by atoms with E-state index in [1.165, 1.54) is 7.11 Å². The predicted octanol–water partition coefficient (Wildman–Crippen LogP) is 1.89. The molecule has 17 heavy (non-hydrogen) atoms. The van der Waals surface area contributed by atoms with Crippen molar-refractivity contribution in [2.45, 2.75) is 18.4 Å². The minimum absolute atomic E-state index is 0.0877. The van der Waals surface area contributed by atoms with Crippen LogP contribution in [0.15, 0.2) is 0 Å². The number of carbonyl (C=O) groups excluding carboxylic acids is 2. The van der Waals surface area contributed by atoms with Crippen LogP contribution in [0.4, 0.5) is 0 Å². The van der Waals surface area contributed by atoms with Crippen molar-refractivity contribution in [3.8, 4) is 0 Å². The smallest absolute Gasteiger partial charge is 0.331 e. The average Bonchev–Trinajstić information content (AvgIpc) is 3.01. The summed E-state index contributed by atoms with van der Waals surface area (Å²) in [6.07, 6.45) is 1.13. The molecule has 1 amide bonds. The van der Waals surface area contributed by atoms with Crippen molar-refractivity contribution in [2.75, 3.05) is 7.11 Å². The molecule has 0 aliphatic heterocycles. The van der Waals surface area contributed by atoms with Gasteiger partial charge in [0.25, 0.3) is 5.91 Å². The van der Waals surface area contributed by atoms with Gasteiger partial charge in [0.2, 0.25) is 0 Å². The zero-order valence-electron chi connectivity index (χ0n) is 8.75. The first-order valence-corrected chi connectivity index (χ1v) is 6.25. The molecule has 1 N–H and O–H groups in total. The highest BCUT2D eigenvalue weighted by Gasteiger charge is 2.52. The molecule has 1 aliphatic carbocycles. The lowest BCUT2D eigenvalue weighted by molar-refractivity contribution is -0.144. The fourth-order valence-electron chi connectivity index (χ4n) is 1.38. The van der Waals surface area contributed by atoms with Crippen molar-refractivity contribution >= 4 is 46.6 Å². The summed E-state index contributed by atoms with van der Waals surface area (Å²) in [5.74, 6) is -0.903. The molecule has 1 aromatic heterocycles. The quantitative estimate of drug-likeness (QED) is 0.865. The van der Waals surface area contributed by atoms with Crippen LogP contribution in [0.2, 0.25) is 10.2 Å². The molecule has 0 spiro atoms. The molecule has 0 aromatic carbocycles. The van der Waals surface area contributed by atoms with E-state index in [1.54, 1.807) is 0 Å². The maximum absolute atomic E-state index is 11.9. The number of aromatic nitrogens is 1. The summed E-state index contributed by atoms with van der Waals surface area (Å²) in [6, 6.07) is 0. The summed E-state index contributed by atoms with van der Waals surface area (Å²) < 4.78 is 8.38. The van der Waals surface area contributed by atoms with E-state index < -0.39 is 17.4 Å². The number of nitrogens with one attached hydrogen (secondary N) is 1. The van der Waals surface area contributed by atoms with Crippen LogP contribution in [-0.4, -0.2) is 28.9 Å². The summed E-state index contributed by atoms with van der Waals surface area (Å²) >= 11 is 12.3. The first-order valence-electron chi connectivity index (χ1n) is 4.72. The molecule has 1 fully saturated rings. The van der Waals surface area contributed by atoms with Gasteiger partial charge in [-0.2, -0.15) is 4.37 Å². The van der Waals surface area contributed by atoms with Crippen LogP contribution in [0.1, 0.15) is 22.5 Å². The van der Waals surface area contributed by atoms with E-state index >= 15 is 0 Å². The first-order chi connectivity index (χ1) is 8.00. The monoisotopic (exact) mass is 294 g/mol. The Morgan fingerprint density at radius 2 is 2.12 bits per heavy atom. The summed E-state index contributed by atoms with van der Waals surface area (Å²) in [5.41, 5.74) is -0.897. The number of hydrogen-bond acceptors (Lipinski definition) is 5. The number of ether oxygens (including phenoxy) is 1. The molecule has 0 bridgehead atoms. The Bertz CT molecular complexity index is 485. The minimum Gasteiger partial charge on any atom is -0.467 e. The van der Waals surface area contributed by atoms with Crippen molar-refractivity contribution in [2.24, 2.45) is 0 Å². The van der Waals surface area contributed by atoms with Gasteiger partial charge in [-0.25, -0.2) is 4.79 Å². The van der Waals surface area contributed by atoms with Crippen molar-refractivity contribution < 1.29 is 14.3 Å². The third kappa shape index (κ3) is 2.25. The van der Waals surface area contributed by atoms with E-state index in [2.05, 4.69) is 14.4 Å². The zero-order chi connectivity index (χ0) is 12.6. The molecule has 1 heterocycles. The number of carbonyl (C=O) groups is 2. The summed E-state index contributed by atoms with van der Waals surface area (Å²) in [7, 11) is 1.28. The lowest BCUT2D eigenvalue weighted by Gasteiger charge is -2.13. The molecular weight excluding hydrogens is 287 g/mol. The van der Waals surface area contributed by atoms with E-state index in [9.17, 15) is 9.59 Å². The predicted molar refractivity (Wildman–Crippen MR) is 63.6 cm³/mol. The number of esters is 1. The van der Waals surface area contributed by atoms with Gasteiger partial charge in [0, 0.05) is 0 Å². The largest absolute Gasteiger partial charge is 0.467 e. The highest BCUT2D eigenvalue weighted by molar-refractivity contribution is 7.09. The van der Waals surface area contributed by atoms with Crippen LogP contribution < -0.4 is 5.32 Å². The van der Waals surface area contributed by atoms with E-state index in [1.807, 2.05) is 0 Å². The number of halogens is 2. The Kier molecular flexibility index (Phi) is 3.29. The van der Waals surface area contributed by atoms with Crippen LogP contribution in [0.25, 0.3) is 0 Å². The molecule has 1 aromatic rings. The van der Waals surface area contributed by atoms with E-state index in [-0.39, 0.29) is 15.1 Å². The van der Waals surface area contributed by atoms with Crippen LogP contribution in [-0.2, 0) is 9.53 Å². The van der Waals surface area contributed by atoms with E-state index in [0.717, 1.165) is 11.5 Å². The lowest BCUT2D eigenvalue weighted by Crippen LogP contribution is -2.43. The number of nitrogens with zero attached hydrogens (tertiary/aromatic N) is 1. The molecule has 2 rings (SSSR count). The van der Waals surface area contributed by atoms with Crippen molar-refractivity contribution in [1.29, 1.82) is 0 Å². The second kappa shape index (κ2) is 4.44. The first kappa shape index (κ1) is 12.6. The molecule has 5 nitrogen and oxygen atoms in total. The number of rotatable bonds is 3. The standard InChI is InChI=1S/C9H8Cl2N2O3S/c1-16-8(15)9(2-3-9)12-7(14)5-4(10)6(11)13-17-5/h2-3H2,1H3,(H,12,14). The average molecular weight is 295 g/mol. The van der Waals surface area contributed by atoms with Gasteiger partial charge in [-0.3, -0.25) is 4.79 Å². The van der Waals surface area contributed by atoms with Gasteiger partial charge in [-0.15, -0.1) is 0 Å². The number of hydrogen-bond donors (Lipinski definition) is 1. The van der Waals surface area contributed by atoms with Gasteiger partial charge in [-0.05, 0) is 24.4 Å². The fourth-order valence-corrected chi connectivity index (χ4v) is 2.48. The molecule has 1 aliphatic rings. The summed E-state index contributed by atoms with van der Waals surface area (Å²) in [4.78, 5) is 23.5. The third-order valence-corrected chi connectivity index (χ3v) is 4.28. The van der Waals surface area contributed by atoms with E-state index in [0.29, 0.717) is 12.8 Å². The second-order valence-electron chi connectivity index (χ2n) is 3.64. The highest BCUT2D eigenvalue weighted by atomic mass is 35.5. The molecule has 0 unspecified atom stereocenters. The maximum Gasteiger partial charge on any atom is 0.331 e.